The van der Waals surface area contributed by atoms with E-state index in [0.29, 0.717) is 11.3 Å². The van der Waals surface area contributed by atoms with Gasteiger partial charge in [0.15, 0.2) is 5.82 Å². The summed E-state index contributed by atoms with van der Waals surface area (Å²) in [5.74, 6) is 1.48. The molecule has 0 aliphatic heterocycles. The van der Waals surface area contributed by atoms with E-state index in [1.165, 1.54) is 0 Å². The second-order valence-electron chi connectivity index (χ2n) is 7.46. The highest BCUT2D eigenvalue weighted by atomic mass is 16.1. The number of nitrogens with two attached hydrogens (primary N) is 1. The Morgan fingerprint density at radius 1 is 1.08 bits per heavy atom. The maximum absolute atomic E-state index is 13.3. The highest BCUT2D eigenvalue weighted by Crippen LogP contribution is 2.17. The van der Waals surface area contributed by atoms with E-state index in [-0.39, 0.29) is 11.6 Å². The van der Waals surface area contributed by atoms with Gasteiger partial charge in [0, 0.05) is 0 Å². The van der Waals surface area contributed by atoms with Crippen LogP contribution in [0.15, 0.2) is 53.3 Å². The van der Waals surface area contributed by atoms with Gasteiger partial charge in [-0.05, 0) is 56.0 Å². The van der Waals surface area contributed by atoms with E-state index in [0.717, 1.165) is 35.6 Å². The number of aryl methyl sites for hydroxylation is 1. The Morgan fingerprint density at radius 2 is 1.85 bits per heavy atom. The molecule has 0 aliphatic rings. The summed E-state index contributed by atoms with van der Waals surface area (Å²) in [7, 11) is 0. The lowest BCUT2D eigenvalue weighted by Gasteiger charge is -2.18. The lowest BCUT2D eigenvalue weighted by Crippen LogP contribution is -2.85. The molecule has 0 fully saturated rings. The molecule has 0 aliphatic carbocycles. The van der Waals surface area contributed by atoms with Crippen LogP contribution in [0, 0.1) is 12.8 Å². The Bertz CT molecular complexity index is 959. The number of hydrogen-bond acceptors (Lipinski definition) is 2. The van der Waals surface area contributed by atoms with Crippen molar-refractivity contribution in [2.45, 2.75) is 40.2 Å². The van der Waals surface area contributed by atoms with Crippen molar-refractivity contribution < 1.29 is 5.32 Å². The van der Waals surface area contributed by atoms with Crippen molar-refractivity contribution in [3.8, 4) is 5.69 Å². The van der Waals surface area contributed by atoms with E-state index in [4.69, 9.17) is 4.98 Å². The average molecular weight is 350 g/mol. The molecule has 0 unspecified atom stereocenters. The molecule has 0 radical (unpaired) electrons. The van der Waals surface area contributed by atoms with Crippen molar-refractivity contribution in [3.05, 3.63) is 70.3 Å². The van der Waals surface area contributed by atoms with Crippen molar-refractivity contribution >= 4 is 10.9 Å². The van der Waals surface area contributed by atoms with Crippen molar-refractivity contribution in [2.75, 3.05) is 6.54 Å². The number of benzene rings is 2. The van der Waals surface area contributed by atoms with Gasteiger partial charge < -0.3 is 5.32 Å². The van der Waals surface area contributed by atoms with Crippen LogP contribution >= 0.6 is 0 Å². The van der Waals surface area contributed by atoms with Crippen LogP contribution in [0.3, 0.4) is 0 Å². The molecular formula is C22H28N3O+. The zero-order valence-corrected chi connectivity index (χ0v) is 16.1. The Morgan fingerprint density at radius 3 is 2.58 bits per heavy atom. The predicted octanol–water partition coefficient (Wildman–Crippen LogP) is 3.36. The molecule has 2 aromatic carbocycles. The van der Waals surface area contributed by atoms with Crippen molar-refractivity contribution in [1.29, 1.82) is 0 Å². The maximum atomic E-state index is 13.3. The molecule has 3 rings (SSSR count). The van der Waals surface area contributed by atoms with Crippen LogP contribution < -0.4 is 10.9 Å². The van der Waals surface area contributed by atoms with Gasteiger partial charge in [-0.15, -0.1) is 0 Å². The first kappa shape index (κ1) is 18.3. The molecule has 0 amide bonds. The molecule has 0 bridgehead atoms. The Balaban J connectivity index is 2.13. The molecule has 136 valence electrons. The minimum Gasteiger partial charge on any atom is -0.338 e. The largest absolute Gasteiger partial charge is 0.338 e. The van der Waals surface area contributed by atoms with Gasteiger partial charge in [-0.3, -0.25) is 9.36 Å². The molecule has 26 heavy (non-hydrogen) atoms. The van der Waals surface area contributed by atoms with Gasteiger partial charge in [-0.2, -0.15) is 0 Å². The fraction of sp³-hybridized carbons (Fsp3) is 0.364. The Kier molecular flexibility index (Phi) is 5.52. The standard InChI is InChI=1S/C22H27N3O/c1-15(2)12-13-23-17(4)21-24-20-11-6-5-10-19(20)22(26)25(21)18-9-7-8-16(3)14-18/h5-11,14-15,17,23H,12-13H2,1-4H3/p+1/t17-/m0/s1. The summed E-state index contributed by atoms with van der Waals surface area (Å²) in [5.41, 5.74) is 2.78. The molecule has 0 saturated heterocycles. The first-order valence-electron chi connectivity index (χ1n) is 9.39. The molecule has 1 aromatic heterocycles. The number of rotatable bonds is 6. The van der Waals surface area contributed by atoms with Crippen molar-refractivity contribution in [3.63, 3.8) is 0 Å². The van der Waals surface area contributed by atoms with Gasteiger partial charge in [0.05, 0.1) is 23.1 Å². The molecule has 4 nitrogen and oxygen atoms in total. The zero-order valence-electron chi connectivity index (χ0n) is 16.1. The molecule has 0 saturated carbocycles. The van der Waals surface area contributed by atoms with E-state index in [9.17, 15) is 4.79 Å². The summed E-state index contributed by atoms with van der Waals surface area (Å²) >= 11 is 0. The molecule has 1 heterocycles. The summed E-state index contributed by atoms with van der Waals surface area (Å²) in [4.78, 5) is 18.1. The number of aromatic nitrogens is 2. The van der Waals surface area contributed by atoms with Crippen molar-refractivity contribution in [2.24, 2.45) is 5.92 Å². The number of para-hydroxylation sites is 1. The summed E-state index contributed by atoms with van der Waals surface area (Å²) in [6.45, 7) is 9.66. The quantitative estimate of drug-likeness (QED) is 0.741. The fourth-order valence-corrected chi connectivity index (χ4v) is 3.26. The SMILES string of the molecule is Cc1cccc(-n2c([C@H](C)[NH2+]CCC(C)C)nc3ccccc3c2=O)c1. The van der Waals surface area contributed by atoms with Gasteiger partial charge in [0.1, 0.15) is 6.04 Å². The third-order valence-corrected chi connectivity index (χ3v) is 4.73. The lowest BCUT2D eigenvalue weighted by atomic mass is 10.1. The van der Waals surface area contributed by atoms with E-state index in [1.54, 1.807) is 4.57 Å². The third kappa shape index (κ3) is 3.86. The molecule has 4 heteroatoms. The molecule has 2 N–H and O–H groups in total. The average Bonchev–Trinajstić information content (AvgIpc) is 2.61. The van der Waals surface area contributed by atoms with E-state index in [1.807, 2.05) is 55.5 Å². The highest BCUT2D eigenvalue weighted by molar-refractivity contribution is 5.77. The third-order valence-electron chi connectivity index (χ3n) is 4.73. The topological polar surface area (TPSA) is 51.5 Å². The smallest absolute Gasteiger partial charge is 0.266 e. The number of fused-ring (bicyclic) bond motifs is 1. The normalized spacial score (nSPS) is 12.7. The van der Waals surface area contributed by atoms with E-state index >= 15 is 0 Å². The van der Waals surface area contributed by atoms with Crippen molar-refractivity contribution in [1.82, 2.24) is 9.55 Å². The van der Waals surface area contributed by atoms with Crippen LogP contribution in [0.1, 0.15) is 44.6 Å². The molecule has 0 spiro atoms. The summed E-state index contributed by atoms with van der Waals surface area (Å²) in [6, 6.07) is 15.8. The van der Waals surface area contributed by atoms with Crippen LogP contribution in [0.25, 0.3) is 16.6 Å². The minimum atomic E-state index is 0.000287. The first-order chi connectivity index (χ1) is 12.5. The van der Waals surface area contributed by atoms with Gasteiger partial charge in [0.25, 0.3) is 5.56 Å². The van der Waals surface area contributed by atoms with Crippen LogP contribution in [0.2, 0.25) is 0 Å². The van der Waals surface area contributed by atoms with Crippen LogP contribution in [0.5, 0.6) is 0 Å². The monoisotopic (exact) mass is 350 g/mol. The maximum Gasteiger partial charge on any atom is 0.266 e. The summed E-state index contributed by atoms with van der Waals surface area (Å²) < 4.78 is 1.78. The second-order valence-corrected chi connectivity index (χ2v) is 7.46. The molecule has 3 aromatic rings. The minimum absolute atomic E-state index is 0.000287. The first-order valence-corrected chi connectivity index (χ1v) is 9.39. The fourth-order valence-electron chi connectivity index (χ4n) is 3.26. The zero-order chi connectivity index (χ0) is 18.7. The van der Waals surface area contributed by atoms with Crippen LogP contribution in [-0.2, 0) is 0 Å². The summed E-state index contributed by atoms with van der Waals surface area (Å²) in [5, 5.41) is 2.94. The predicted molar refractivity (Wildman–Crippen MR) is 107 cm³/mol. The highest BCUT2D eigenvalue weighted by Gasteiger charge is 2.20. The number of quaternary nitrogens is 1. The van der Waals surface area contributed by atoms with E-state index in [2.05, 4.69) is 26.1 Å². The second kappa shape index (κ2) is 7.83. The van der Waals surface area contributed by atoms with Gasteiger partial charge in [-0.1, -0.05) is 38.1 Å². The van der Waals surface area contributed by atoms with Gasteiger partial charge in [-0.25, -0.2) is 4.98 Å². The van der Waals surface area contributed by atoms with Crippen LogP contribution in [0.4, 0.5) is 0 Å². The Labute approximate surface area is 154 Å². The molecular weight excluding hydrogens is 322 g/mol. The lowest BCUT2D eigenvalue weighted by molar-refractivity contribution is -0.694. The van der Waals surface area contributed by atoms with Gasteiger partial charge in [0.2, 0.25) is 0 Å². The van der Waals surface area contributed by atoms with Gasteiger partial charge >= 0.3 is 0 Å². The van der Waals surface area contributed by atoms with Crippen LogP contribution in [-0.4, -0.2) is 16.1 Å². The number of hydrogen-bond donors (Lipinski definition) is 1. The number of nitrogens with zero attached hydrogens (tertiary/aromatic N) is 2. The molecule has 1 atom stereocenters. The summed E-state index contributed by atoms with van der Waals surface area (Å²) in [6.07, 6.45) is 1.15. The Hall–Kier alpha value is -2.46. The van der Waals surface area contributed by atoms with E-state index < -0.39 is 0 Å².